The van der Waals surface area contributed by atoms with Gasteiger partial charge in [-0.3, -0.25) is 9.59 Å². The van der Waals surface area contributed by atoms with Gasteiger partial charge in [0, 0.05) is 41.4 Å². The molecule has 0 saturated carbocycles. The SMILES string of the molecule is Cc1cc(C(=O)COC(=O)C2=NNC(=O)CC2)c(C)n1CCc1ccc(Cl)cc1. The van der Waals surface area contributed by atoms with Gasteiger partial charge in [0.05, 0.1) is 0 Å². The summed E-state index contributed by atoms with van der Waals surface area (Å²) in [5.41, 5.74) is 5.84. The van der Waals surface area contributed by atoms with E-state index in [-0.39, 0.29) is 36.9 Å². The van der Waals surface area contributed by atoms with Crippen LogP contribution in [0.1, 0.15) is 40.2 Å². The smallest absolute Gasteiger partial charge is 0.354 e. The number of carbonyl (C=O) groups excluding carboxylic acids is 3. The van der Waals surface area contributed by atoms with E-state index in [1.165, 1.54) is 0 Å². The maximum atomic E-state index is 12.6. The molecule has 0 spiro atoms. The van der Waals surface area contributed by atoms with E-state index in [0.29, 0.717) is 10.6 Å². The lowest BCUT2D eigenvalue weighted by Crippen LogP contribution is -2.31. The minimum atomic E-state index is -0.685. The Labute approximate surface area is 173 Å². The molecule has 1 aromatic heterocycles. The van der Waals surface area contributed by atoms with Crippen molar-refractivity contribution in [2.75, 3.05) is 6.61 Å². The van der Waals surface area contributed by atoms with Gasteiger partial charge in [-0.15, -0.1) is 0 Å². The molecule has 1 amide bonds. The number of halogens is 1. The predicted molar refractivity (Wildman–Crippen MR) is 109 cm³/mol. The van der Waals surface area contributed by atoms with E-state index in [9.17, 15) is 14.4 Å². The van der Waals surface area contributed by atoms with Crippen molar-refractivity contribution in [1.82, 2.24) is 9.99 Å². The number of hydrogen-bond acceptors (Lipinski definition) is 5. The lowest BCUT2D eigenvalue weighted by atomic mass is 10.1. The summed E-state index contributed by atoms with van der Waals surface area (Å²) < 4.78 is 7.16. The van der Waals surface area contributed by atoms with Crippen LogP contribution in [0.3, 0.4) is 0 Å². The Kier molecular flexibility index (Phi) is 6.49. The van der Waals surface area contributed by atoms with E-state index in [0.717, 1.165) is 29.9 Å². The molecule has 29 heavy (non-hydrogen) atoms. The average molecular weight is 416 g/mol. The molecule has 0 bridgehead atoms. The van der Waals surface area contributed by atoms with Gasteiger partial charge >= 0.3 is 5.97 Å². The number of hydrazone groups is 1. The molecule has 2 aromatic rings. The standard InChI is InChI=1S/C21H22ClN3O4/c1-13-11-17(14(2)25(13)10-9-15-3-5-16(22)6-4-15)19(26)12-29-21(28)18-7-8-20(27)24-23-18/h3-6,11H,7-10,12H2,1-2H3,(H,24,27). The maximum Gasteiger partial charge on any atom is 0.354 e. The summed E-state index contributed by atoms with van der Waals surface area (Å²) in [4.78, 5) is 35.7. The van der Waals surface area contributed by atoms with Gasteiger partial charge < -0.3 is 9.30 Å². The van der Waals surface area contributed by atoms with E-state index in [1.807, 2.05) is 44.2 Å². The molecule has 0 atom stereocenters. The van der Waals surface area contributed by atoms with Gasteiger partial charge in [0.25, 0.3) is 0 Å². The van der Waals surface area contributed by atoms with E-state index in [1.54, 1.807) is 0 Å². The molecule has 0 radical (unpaired) electrons. The Bertz CT molecular complexity index is 977. The minimum Gasteiger partial charge on any atom is -0.453 e. The van der Waals surface area contributed by atoms with Gasteiger partial charge in [-0.1, -0.05) is 23.7 Å². The summed E-state index contributed by atoms with van der Waals surface area (Å²) in [6, 6.07) is 9.50. The summed E-state index contributed by atoms with van der Waals surface area (Å²) in [6.45, 7) is 4.18. The van der Waals surface area contributed by atoms with Gasteiger partial charge in [-0.2, -0.15) is 5.10 Å². The fourth-order valence-electron chi connectivity index (χ4n) is 3.23. The van der Waals surface area contributed by atoms with E-state index < -0.39 is 5.97 Å². The third kappa shape index (κ3) is 5.12. The molecule has 3 rings (SSSR count). The van der Waals surface area contributed by atoms with Crippen molar-refractivity contribution in [3.8, 4) is 0 Å². The Morgan fingerprint density at radius 1 is 1.21 bits per heavy atom. The highest BCUT2D eigenvalue weighted by Crippen LogP contribution is 2.18. The Morgan fingerprint density at radius 3 is 2.59 bits per heavy atom. The second-order valence-corrected chi connectivity index (χ2v) is 7.34. The Morgan fingerprint density at radius 2 is 1.93 bits per heavy atom. The number of ether oxygens (including phenoxy) is 1. The summed E-state index contributed by atoms with van der Waals surface area (Å²) >= 11 is 5.92. The number of amides is 1. The molecule has 0 saturated heterocycles. The normalized spacial score (nSPS) is 13.6. The molecule has 1 aromatic carbocycles. The highest BCUT2D eigenvalue weighted by molar-refractivity contribution is 6.37. The lowest BCUT2D eigenvalue weighted by molar-refractivity contribution is -0.134. The van der Waals surface area contributed by atoms with Crippen LogP contribution in [0.4, 0.5) is 0 Å². The third-order valence-electron chi connectivity index (χ3n) is 4.89. The molecule has 8 heteroatoms. The van der Waals surface area contributed by atoms with E-state index >= 15 is 0 Å². The summed E-state index contributed by atoms with van der Waals surface area (Å²) in [7, 11) is 0. The molecule has 0 unspecified atom stereocenters. The predicted octanol–water partition coefficient (Wildman–Crippen LogP) is 2.99. The van der Waals surface area contributed by atoms with Crippen LogP contribution in [0.15, 0.2) is 35.4 Å². The molecular weight excluding hydrogens is 394 g/mol. The van der Waals surface area contributed by atoms with Crippen molar-refractivity contribution in [2.45, 2.75) is 39.7 Å². The lowest BCUT2D eigenvalue weighted by Gasteiger charge is -2.11. The van der Waals surface area contributed by atoms with Crippen molar-refractivity contribution < 1.29 is 19.1 Å². The minimum absolute atomic E-state index is 0.117. The van der Waals surface area contributed by atoms with Crippen molar-refractivity contribution in [3.63, 3.8) is 0 Å². The van der Waals surface area contributed by atoms with Crippen LogP contribution in [0, 0.1) is 13.8 Å². The van der Waals surface area contributed by atoms with Crippen molar-refractivity contribution in [1.29, 1.82) is 0 Å². The summed E-state index contributed by atoms with van der Waals surface area (Å²) in [5, 5.41) is 4.37. The second kappa shape index (κ2) is 9.05. The van der Waals surface area contributed by atoms with Crippen LogP contribution in [0.25, 0.3) is 0 Å². The van der Waals surface area contributed by atoms with Crippen molar-refractivity contribution in [2.24, 2.45) is 5.10 Å². The number of rotatable bonds is 7. The van der Waals surface area contributed by atoms with Crippen LogP contribution < -0.4 is 5.43 Å². The first kappa shape index (κ1) is 20.8. The highest BCUT2D eigenvalue weighted by atomic mass is 35.5. The number of ketones is 1. The van der Waals surface area contributed by atoms with Crippen molar-refractivity contribution in [3.05, 3.63) is 57.9 Å². The topological polar surface area (TPSA) is 89.8 Å². The van der Waals surface area contributed by atoms with Crippen molar-refractivity contribution >= 4 is 35.0 Å². The molecule has 0 aliphatic carbocycles. The van der Waals surface area contributed by atoms with E-state index in [2.05, 4.69) is 15.1 Å². The van der Waals surface area contributed by atoms with Gasteiger partial charge in [0.2, 0.25) is 11.7 Å². The van der Waals surface area contributed by atoms with E-state index in [4.69, 9.17) is 16.3 Å². The number of benzene rings is 1. The molecule has 2 heterocycles. The molecule has 1 N–H and O–H groups in total. The number of esters is 1. The molecule has 1 aliphatic heterocycles. The zero-order valence-corrected chi connectivity index (χ0v) is 17.1. The highest BCUT2D eigenvalue weighted by Gasteiger charge is 2.22. The monoisotopic (exact) mass is 415 g/mol. The Hall–Kier alpha value is -2.93. The first-order valence-corrected chi connectivity index (χ1v) is 9.70. The molecule has 152 valence electrons. The molecule has 7 nitrogen and oxygen atoms in total. The molecule has 0 fully saturated rings. The third-order valence-corrected chi connectivity index (χ3v) is 5.14. The number of nitrogens with one attached hydrogen (secondary N) is 1. The second-order valence-electron chi connectivity index (χ2n) is 6.91. The average Bonchev–Trinajstić information content (AvgIpc) is 3.00. The van der Waals surface area contributed by atoms with Gasteiger partial charge in [0.15, 0.2) is 6.61 Å². The molecule has 1 aliphatic rings. The van der Waals surface area contributed by atoms with Gasteiger partial charge in [0.1, 0.15) is 5.71 Å². The summed E-state index contributed by atoms with van der Waals surface area (Å²) in [5.74, 6) is -1.21. The number of aromatic nitrogens is 1. The zero-order valence-electron chi connectivity index (χ0n) is 16.3. The largest absolute Gasteiger partial charge is 0.453 e. The first-order valence-electron chi connectivity index (χ1n) is 9.32. The maximum absolute atomic E-state index is 12.6. The van der Waals surface area contributed by atoms with Crippen LogP contribution in [-0.4, -0.2) is 34.5 Å². The number of nitrogens with zero attached hydrogens (tertiary/aromatic N) is 2. The number of Topliss-reactive ketones (excluding diaryl/α,β-unsaturated/α-hetero) is 1. The van der Waals surface area contributed by atoms with Gasteiger partial charge in [-0.05, 0) is 44.0 Å². The summed E-state index contributed by atoms with van der Waals surface area (Å²) in [6.07, 6.45) is 1.19. The zero-order chi connectivity index (χ0) is 21.0. The van der Waals surface area contributed by atoms with Crippen LogP contribution in [0.5, 0.6) is 0 Å². The quantitative estimate of drug-likeness (QED) is 0.556. The fraction of sp³-hybridized carbons (Fsp3) is 0.333. The van der Waals surface area contributed by atoms with Crippen LogP contribution in [0.2, 0.25) is 5.02 Å². The number of carbonyl (C=O) groups is 3. The van der Waals surface area contributed by atoms with Crippen LogP contribution >= 0.6 is 11.6 Å². The molecular formula is C21H22ClN3O4. The fourth-order valence-corrected chi connectivity index (χ4v) is 3.36. The number of aryl methyl sites for hydroxylation is 2. The van der Waals surface area contributed by atoms with Crippen LogP contribution in [-0.2, 0) is 27.3 Å². The Balaban J connectivity index is 1.61. The first-order chi connectivity index (χ1) is 13.8. The number of hydrogen-bond donors (Lipinski definition) is 1. The van der Waals surface area contributed by atoms with Gasteiger partial charge in [-0.25, -0.2) is 10.2 Å².